The molecule has 0 bridgehead atoms. The van der Waals surface area contributed by atoms with Gasteiger partial charge in [-0.05, 0) is 37.3 Å². The fraction of sp³-hybridized carbons (Fsp3) is 0.176. The molecular formula is C17H15Cl2N3O2. The van der Waals surface area contributed by atoms with E-state index in [1.807, 2.05) is 24.3 Å². The number of nitrogens with zero attached hydrogens (tertiary/aromatic N) is 1. The number of benzene rings is 2. The first-order valence-electron chi connectivity index (χ1n) is 7.36. The first-order chi connectivity index (χ1) is 11.5. The molecule has 0 radical (unpaired) electrons. The minimum Gasteiger partial charge on any atom is -0.479 e. The molecule has 1 heterocycles. The standard InChI is InChI=1S/C17H15Cl2N3O2/c1-10(24-15-7-6-11(18)8-12(15)19)17(23)20-9-16-21-13-4-2-3-5-14(13)22-16/h2-8,10H,9H2,1H3,(H,20,23)(H,21,22)/t10-/m0/s1. The Bertz CT molecular complexity index is 846. The lowest BCUT2D eigenvalue weighted by atomic mass is 10.3. The van der Waals surface area contributed by atoms with E-state index in [1.165, 1.54) is 0 Å². The van der Waals surface area contributed by atoms with Crippen molar-refractivity contribution >= 4 is 40.1 Å². The number of fused-ring (bicyclic) bond motifs is 1. The normalized spacial score (nSPS) is 12.1. The maximum atomic E-state index is 12.2. The van der Waals surface area contributed by atoms with E-state index in [9.17, 15) is 4.79 Å². The van der Waals surface area contributed by atoms with Gasteiger partial charge < -0.3 is 15.0 Å². The largest absolute Gasteiger partial charge is 0.479 e. The molecule has 0 aliphatic rings. The summed E-state index contributed by atoms with van der Waals surface area (Å²) in [4.78, 5) is 19.7. The lowest BCUT2D eigenvalue weighted by Crippen LogP contribution is -2.36. The van der Waals surface area contributed by atoms with Crippen LogP contribution in [0.1, 0.15) is 12.7 Å². The van der Waals surface area contributed by atoms with Crippen LogP contribution in [0.15, 0.2) is 42.5 Å². The Labute approximate surface area is 148 Å². The number of ether oxygens (including phenoxy) is 1. The molecule has 2 N–H and O–H groups in total. The maximum absolute atomic E-state index is 12.2. The number of carbonyl (C=O) groups is 1. The number of halogens is 2. The highest BCUT2D eigenvalue weighted by Gasteiger charge is 2.16. The van der Waals surface area contributed by atoms with Gasteiger partial charge in [-0.25, -0.2) is 4.98 Å². The SMILES string of the molecule is C[C@H](Oc1ccc(Cl)cc1Cl)C(=O)NCc1nc2ccccc2[nH]1. The summed E-state index contributed by atoms with van der Waals surface area (Å²) in [6.45, 7) is 1.94. The summed E-state index contributed by atoms with van der Waals surface area (Å²) in [5.74, 6) is 0.829. The summed E-state index contributed by atoms with van der Waals surface area (Å²) in [7, 11) is 0. The third-order valence-electron chi connectivity index (χ3n) is 3.44. The van der Waals surface area contributed by atoms with Crippen molar-refractivity contribution in [3.63, 3.8) is 0 Å². The number of imidazole rings is 1. The predicted molar refractivity (Wildman–Crippen MR) is 94.5 cm³/mol. The van der Waals surface area contributed by atoms with Gasteiger partial charge in [-0.3, -0.25) is 4.79 Å². The van der Waals surface area contributed by atoms with Crippen molar-refractivity contribution in [2.45, 2.75) is 19.6 Å². The number of hydrogen-bond acceptors (Lipinski definition) is 3. The average Bonchev–Trinajstić information content (AvgIpc) is 2.98. The summed E-state index contributed by atoms with van der Waals surface area (Å²) in [5, 5.41) is 3.65. The van der Waals surface area contributed by atoms with Gasteiger partial charge in [0.15, 0.2) is 6.10 Å². The van der Waals surface area contributed by atoms with E-state index in [-0.39, 0.29) is 12.5 Å². The van der Waals surface area contributed by atoms with Gasteiger partial charge in [-0.1, -0.05) is 35.3 Å². The summed E-state index contributed by atoms with van der Waals surface area (Å²) in [6, 6.07) is 12.5. The van der Waals surface area contributed by atoms with E-state index < -0.39 is 6.10 Å². The van der Waals surface area contributed by atoms with E-state index in [2.05, 4.69) is 15.3 Å². The predicted octanol–water partition coefficient (Wildman–Crippen LogP) is 3.95. The van der Waals surface area contributed by atoms with Crippen LogP contribution in [0.5, 0.6) is 5.75 Å². The van der Waals surface area contributed by atoms with Crippen LogP contribution in [-0.2, 0) is 11.3 Å². The fourth-order valence-electron chi connectivity index (χ4n) is 2.22. The Morgan fingerprint density at radius 2 is 2.08 bits per heavy atom. The van der Waals surface area contributed by atoms with Gasteiger partial charge in [0.2, 0.25) is 0 Å². The minimum atomic E-state index is -0.701. The maximum Gasteiger partial charge on any atom is 0.261 e. The smallest absolute Gasteiger partial charge is 0.261 e. The molecule has 124 valence electrons. The second-order valence-corrected chi connectivity index (χ2v) is 6.10. The number of carbonyl (C=O) groups excluding carboxylic acids is 1. The topological polar surface area (TPSA) is 67.0 Å². The Kier molecular flexibility index (Phi) is 4.92. The molecule has 3 rings (SSSR count). The van der Waals surface area contributed by atoms with Gasteiger partial charge in [0.25, 0.3) is 5.91 Å². The molecule has 0 unspecified atom stereocenters. The molecule has 0 saturated heterocycles. The Morgan fingerprint density at radius 3 is 2.83 bits per heavy atom. The number of rotatable bonds is 5. The molecule has 0 aliphatic carbocycles. The molecule has 1 atom stereocenters. The number of H-pyrrole nitrogens is 1. The fourth-order valence-corrected chi connectivity index (χ4v) is 2.67. The van der Waals surface area contributed by atoms with Crippen LogP contribution in [0.25, 0.3) is 11.0 Å². The van der Waals surface area contributed by atoms with Gasteiger partial charge in [-0.2, -0.15) is 0 Å². The second kappa shape index (κ2) is 7.11. The minimum absolute atomic E-state index is 0.263. The third kappa shape index (κ3) is 3.80. The summed E-state index contributed by atoms with van der Waals surface area (Å²) < 4.78 is 5.58. The number of aromatic amines is 1. The summed E-state index contributed by atoms with van der Waals surface area (Å²) in [5.41, 5.74) is 1.79. The Morgan fingerprint density at radius 1 is 1.29 bits per heavy atom. The number of hydrogen-bond donors (Lipinski definition) is 2. The van der Waals surface area contributed by atoms with Gasteiger partial charge in [0, 0.05) is 5.02 Å². The zero-order valence-electron chi connectivity index (χ0n) is 12.8. The molecule has 0 spiro atoms. The van der Waals surface area contributed by atoms with Crippen LogP contribution in [0, 0.1) is 0 Å². The summed E-state index contributed by atoms with van der Waals surface area (Å²) >= 11 is 11.9. The number of aromatic nitrogens is 2. The van der Waals surface area contributed by atoms with Crippen LogP contribution >= 0.6 is 23.2 Å². The summed E-state index contributed by atoms with van der Waals surface area (Å²) in [6.07, 6.45) is -0.701. The molecule has 0 aliphatic heterocycles. The van der Waals surface area contributed by atoms with Crippen molar-refractivity contribution in [3.05, 3.63) is 58.3 Å². The number of amides is 1. The van der Waals surface area contributed by atoms with Crippen LogP contribution < -0.4 is 10.1 Å². The van der Waals surface area contributed by atoms with Gasteiger partial charge >= 0.3 is 0 Å². The van der Waals surface area contributed by atoms with Gasteiger partial charge in [0.05, 0.1) is 22.6 Å². The van der Waals surface area contributed by atoms with E-state index >= 15 is 0 Å². The molecule has 24 heavy (non-hydrogen) atoms. The molecule has 7 heteroatoms. The monoisotopic (exact) mass is 363 g/mol. The highest BCUT2D eigenvalue weighted by molar-refractivity contribution is 6.35. The average molecular weight is 364 g/mol. The van der Waals surface area contributed by atoms with Crippen molar-refractivity contribution in [2.75, 3.05) is 0 Å². The molecule has 1 amide bonds. The molecule has 2 aromatic carbocycles. The van der Waals surface area contributed by atoms with Gasteiger partial charge in [-0.15, -0.1) is 0 Å². The van der Waals surface area contributed by atoms with E-state index in [4.69, 9.17) is 27.9 Å². The lowest BCUT2D eigenvalue weighted by molar-refractivity contribution is -0.127. The van der Waals surface area contributed by atoms with Crippen LogP contribution in [-0.4, -0.2) is 22.0 Å². The molecule has 5 nitrogen and oxygen atoms in total. The van der Waals surface area contributed by atoms with E-state index in [0.717, 1.165) is 11.0 Å². The molecule has 0 fully saturated rings. The van der Waals surface area contributed by atoms with Crippen molar-refractivity contribution in [3.8, 4) is 5.75 Å². The van der Waals surface area contributed by atoms with Crippen LogP contribution in [0.3, 0.4) is 0 Å². The quantitative estimate of drug-likeness (QED) is 0.720. The van der Waals surface area contributed by atoms with Crippen LogP contribution in [0.4, 0.5) is 0 Å². The molecule has 3 aromatic rings. The van der Waals surface area contributed by atoms with E-state index in [0.29, 0.717) is 21.6 Å². The van der Waals surface area contributed by atoms with Gasteiger partial charge in [0.1, 0.15) is 11.6 Å². The second-order valence-electron chi connectivity index (χ2n) is 5.25. The molecular weight excluding hydrogens is 349 g/mol. The first kappa shape index (κ1) is 16.6. The first-order valence-corrected chi connectivity index (χ1v) is 8.11. The highest BCUT2D eigenvalue weighted by Crippen LogP contribution is 2.28. The van der Waals surface area contributed by atoms with E-state index in [1.54, 1.807) is 25.1 Å². The number of para-hydroxylation sites is 2. The highest BCUT2D eigenvalue weighted by atomic mass is 35.5. The molecule has 1 aromatic heterocycles. The zero-order chi connectivity index (χ0) is 17.1. The Hall–Kier alpha value is -2.24. The third-order valence-corrected chi connectivity index (χ3v) is 3.97. The van der Waals surface area contributed by atoms with Crippen molar-refractivity contribution in [1.29, 1.82) is 0 Å². The molecule has 0 saturated carbocycles. The zero-order valence-corrected chi connectivity index (χ0v) is 14.4. The van der Waals surface area contributed by atoms with Crippen molar-refractivity contribution in [2.24, 2.45) is 0 Å². The van der Waals surface area contributed by atoms with Crippen molar-refractivity contribution < 1.29 is 9.53 Å². The van der Waals surface area contributed by atoms with Crippen molar-refractivity contribution in [1.82, 2.24) is 15.3 Å². The number of nitrogens with one attached hydrogen (secondary N) is 2. The Balaban J connectivity index is 1.59. The van der Waals surface area contributed by atoms with Crippen LogP contribution in [0.2, 0.25) is 10.0 Å². The lowest BCUT2D eigenvalue weighted by Gasteiger charge is -2.15.